The van der Waals surface area contributed by atoms with Crippen LogP contribution in [0.1, 0.15) is 284 Å². The maximum atomic E-state index is 12.9. The summed E-state index contributed by atoms with van der Waals surface area (Å²) in [6.07, 6.45) is 2.05. The SMILES string of the molecule is CC(C)(C)C#Cc1cccc2c1C(=O)N(C1CCC(=O)NC1=O)C2=O.CC(C)(C)C#Cc1cccc2c1CN(C1CCC(=O)NC1=O)C2=O.CC(C)(C)Oc1cccc2c1C(=O)N(C1CCC(=O)NC1=O)C2=O.CC(C)(C)c1cccc2c1C(=O)N(C1CCC(=O)NC1=O)C2=O.CC(C)(C)c1cccc2c1CN(C1CCC(=O)NC1=O)C2=O. The predicted molar refractivity (Wildman–Crippen MR) is 425 cm³/mol. The highest BCUT2D eigenvalue weighted by Crippen LogP contribution is 2.40. The quantitative estimate of drug-likeness (QED) is 0.0801. The van der Waals surface area contributed by atoms with Gasteiger partial charge in [-0.2, -0.15) is 0 Å². The molecular weight excluding hydrogens is 1510 g/mol. The Morgan fingerprint density at radius 2 is 0.619 bits per heavy atom. The number of nitrogens with one attached hydrogen (secondary N) is 5. The largest absolute Gasteiger partial charge is 0.487 e. The van der Waals surface area contributed by atoms with Crippen LogP contribution in [-0.4, -0.2) is 167 Å². The molecule has 29 heteroatoms. The van der Waals surface area contributed by atoms with E-state index in [9.17, 15) is 86.3 Å². The van der Waals surface area contributed by atoms with E-state index in [0.29, 0.717) is 59.5 Å². The van der Waals surface area contributed by atoms with Gasteiger partial charge in [0.05, 0.1) is 33.4 Å². The molecule has 5 saturated heterocycles. The molecule has 5 atom stereocenters. The molecule has 614 valence electrons. The Morgan fingerprint density at radius 1 is 0.314 bits per heavy atom. The Hall–Kier alpha value is -12.9. The molecule has 18 amide bonds. The molecule has 118 heavy (non-hydrogen) atoms. The molecule has 0 aliphatic carbocycles. The fourth-order valence-electron chi connectivity index (χ4n) is 15.2. The third-order valence-electron chi connectivity index (χ3n) is 20.7. The first-order valence-corrected chi connectivity index (χ1v) is 39.0. The lowest BCUT2D eigenvalue weighted by molar-refractivity contribution is -0.138. The van der Waals surface area contributed by atoms with Crippen LogP contribution in [0.25, 0.3) is 0 Å². The molecule has 10 aliphatic rings. The Balaban J connectivity index is 0.000000145. The van der Waals surface area contributed by atoms with Crippen LogP contribution in [0.15, 0.2) is 91.0 Å². The number of fused-ring (bicyclic) bond motifs is 5. The third-order valence-corrected chi connectivity index (χ3v) is 20.7. The monoisotopic (exact) mass is 1610 g/mol. The molecule has 5 aromatic rings. The smallest absolute Gasteiger partial charge is 0.266 e. The standard InChI is InChI=1S/C19H18N2O4.C19H20N2O3.C17H18N2O5.C17H18N2O4.C17H20N2O3/c1-19(2,3)10-9-11-5-4-6-12-15(11)18(25)21(17(12)24)13-7-8-14(22)20-16(13)23;1-19(2,3)10-9-12-5-4-6-13-14(12)11-21(18(13)24)15-7-8-16(22)20-17(15)23;1-17(2,3)24-11-6-4-5-9-13(11)16(23)19(15(9)22)10-7-8-12(20)18-14(10)21;1-17(2,3)10-6-4-5-9-13(10)16(23)19(15(9)22)11-7-8-12(20)18-14(11)21;1-17(2,3)12-6-4-5-10-11(12)9-19(16(10)22)13-7-8-14(20)18-15(13)21/h4-6,13H,7-8H2,1-3H3,(H,20,22,23);4-6,15H,7-8,11H2,1-3H3,(H,20,22,23);4-6,10H,7-8H2,1-3H3,(H,18,20,21);4-6,11H,7-8H2,1-3H3,(H,18,20,21);4-6,13H,7-9H2,1-3H3,(H,18,20,21). The number of hydrogen-bond donors (Lipinski definition) is 5. The van der Waals surface area contributed by atoms with Gasteiger partial charge >= 0.3 is 0 Å². The molecule has 0 radical (unpaired) electrons. The number of hydrogen-bond acceptors (Lipinski definition) is 19. The van der Waals surface area contributed by atoms with Crippen LogP contribution in [-0.2, 0) is 71.9 Å². The molecule has 29 nitrogen and oxygen atoms in total. The zero-order valence-electron chi connectivity index (χ0n) is 68.5. The minimum absolute atomic E-state index is 0.0631. The van der Waals surface area contributed by atoms with Gasteiger partial charge in [-0.1, -0.05) is 108 Å². The molecule has 10 aliphatic heterocycles. The predicted octanol–water partition coefficient (Wildman–Crippen LogP) is 7.73. The number of amides is 18. The molecule has 5 unspecified atom stereocenters. The van der Waals surface area contributed by atoms with Gasteiger partial charge in [0.25, 0.3) is 47.3 Å². The van der Waals surface area contributed by atoms with Gasteiger partial charge in [0.2, 0.25) is 59.1 Å². The molecule has 0 aromatic heterocycles. The van der Waals surface area contributed by atoms with E-state index in [1.165, 1.54) is 6.07 Å². The zero-order chi connectivity index (χ0) is 86.5. The van der Waals surface area contributed by atoms with Crippen LogP contribution in [0.3, 0.4) is 0 Å². The maximum Gasteiger partial charge on any atom is 0.266 e. The number of benzene rings is 5. The van der Waals surface area contributed by atoms with Crippen LogP contribution in [0.5, 0.6) is 5.75 Å². The maximum absolute atomic E-state index is 12.9. The van der Waals surface area contributed by atoms with E-state index < -0.39 is 107 Å². The number of carbonyl (C=O) groups excluding carboxylic acids is 18. The van der Waals surface area contributed by atoms with Gasteiger partial charge < -0.3 is 14.5 Å². The van der Waals surface area contributed by atoms with Crippen molar-refractivity contribution >= 4 is 106 Å². The lowest BCUT2D eigenvalue weighted by Gasteiger charge is -2.29. The topological polar surface area (TPSA) is 393 Å². The average Bonchev–Trinajstić information content (AvgIpc) is 1.62. The van der Waals surface area contributed by atoms with Crippen molar-refractivity contribution in [2.45, 2.75) is 228 Å². The van der Waals surface area contributed by atoms with Gasteiger partial charge in [0.15, 0.2) is 0 Å². The van der Waals surface area contributed by atoms with Crippen molar-refractivity contribution in [1.29, 1.82) is 0 Å². The summed E-state index contributed by atoms with van der Waals surface area (Å²) in [4.78, 5) is 225. The number of rotatable bonds is 6. The number of nitrogens with zero attached hydrogens (tertiary/aromatic N) is 5. The highest BCUT2D eigenvalue weighted by atomic mass is 16.5. The van der Waals surface area contributed by atoms with Crippen LogP contribution < -0.4 is 31.3 Å². The van der Waals surface area contributed by atoms with Gasteiger partial charge in [-0.15, -0.1) is 0 Å². The van der Waals surface area contributed by atoms with Crippen molar-refractivity contribution in [3.63, 3.8) is 0 Å². The summed E-state index contributed by atoms with van der Waals surface area (Å²) in [5.74, 6) is 5.03. The fourth-order valence-corrected chi connectivity index (χ4v) is 15.2. The van der Waals surface area contributed by atoms with Crippen molar-refractivity contribution in [3.05, 3.63) is 169 Å². The molecule has 5 N–H and O–H groups in total. The fraction of sp³-hybridized carbons (Fsp3) is 0.416. The van der Waals surface area contributed by atoms with Gasteiger partial charge in [-0.3, -0.25) is 128 Å². The van der Waals surface area contributed by atoms with E-state index in [1.54, 1.807) is 58.3 Å². The van der Waals surface area contributed by atoms with E-state index >= 15 is 0 Å². The minimum Gasteiger partial charge on any atom is -0.487 e. The molecule has 5 aromatic carbocycles. The Morgan fingerprint density at radius 3 is 1.00 bits per heavy atom. The van der Waals surface area contributed by atoms with Crippen molar-refractivity contribution in [2.24, 2.45) is 10.8 Å². The summed E-state index contributed by atoms with van der Waals surface area (Å²) in [5, 5.41) is 11.2. The molecule has 0 spiro atoms. The number of imide groups is 8. The summed E-state index contributed by atoms with van der Waals surface area (Å²) in [6.45, 7) is 30.5. The average molecular weight is 1610 g/mol. The first kappa shape index (κ1) is 86.0. The lowest BCUT2D eigenvalue weighted by atomic mass is 9.82. The molecule has 15 rings (SSSR count). The summed E-state index contributed by atoms with van der Waals surface area (Å²) in [6, 6.07) is 22.2. The summed E-state index contributed by atoms with van der Waals surface area (Å²) in [7, 11) is 0. The number of ether oxygens (including phenoxy) is 1. The normalized spacial score (nSPS) is 20.9. The Kier molecular flexibility index (Phi) is 24.0. The first-order valence-electron chi connectivity index (χ1n) is 39.0. The zero-order valence-corrected chi connectivity index (χ0v) is 68.5. The van der Waals surface area contributed by atoms with Crippen molar-refractivity contribution in [1.82, 2.24) is 51.1 Å². The van der Waals surface area contributed by atoms with E-state index in [0.717, 1.165) is 42.5 Å². The lowest BCUT2D eigenvalue weighted by Crippen LogP contribution is -2.54. The first-order chi connectivity index (χ1) is 55.1. The van der Waals surface area contributed by atoms with Crippen LogP contribution in [0.4, 0.5) is 0 Å². The minimum atomic E-state index is -0.974. The van der Waals surface area contributed by atoms with E-state index in [1.807, 2.05) is 119 Å². The second-order valence-corrected chi connectivity index (χ2v) is 35.2. The third kappa shape index (κ3) is 18.2. The molecular formula is C89H94N10O19. The van der Waals surface area contributed by atoms with Crippen molar-refractivity contribution in [3.8, 4) is 29.4 Å². The molecule has 0 saturated carbocycles. The molecule has 0 bridgehead atoms. The van der Waals surface area contributed by atoms with E-state index in [2.05, 4.69) is 71.0 Å². The summed E-state index contributed by atoms with van der Waals surface area (Å²) in [5.41, 5.74) is 6.62. The van der Waals surface area contributed by atoms with E-state index in [-0.39, 0.29) is 131 Å². The van der Waals surface area contributed by atoms with E-state index in [4.69, 9.17) is 4.74 Å². The highest BCUT2D eigenvalue weighted by Gasteiger charge is 2.51. The van der Waals surface area contributed by atoms with Crippen LogP contribution in [0, 0.1) is 34.5 Å². The Bertz CT molecular complexity index is 5360. The van der Waals surface area contributed by atoms with Crippen LogP contribution >= 0.6 is 0 Å². The molecule has 5 fully saturated rings. The van der Waals surface area contributed by atoms with Gasteiger partial charge in [0.1, 0.15) is 41.6 Å². The van der Waals surface area contributed by atoms with Gasteiger partial charge in [0, 0.05) is 78.3 Å². The van der Waals surface area contributed by atoms with Gasteiger partial charge in [-0.25, -0.2) is 0 Å². The number of piperidine rings is 5. The van der Waals surface area contributed by atoms with Crippen molar-refractivity contribution < 1.29 is 91.0 Å². The second-order valence-electron chi connectivity index (χ2n) is 35.2. The summed E-state index contributed by atoms with van der Waals surface area (Å²) < 4.78 is 5.79. The summed E-state index contributed by atoms with van der Waals surface area (Å²) >= 11 is 0. The number of carbonyl (C=O) groups is 18. The molecule has 10 heterocycles. The van der Waals surface area contributed by atoms with Gasteiger partial charge in [-0.05, 0) is 176 Å². The Labute approximate surface area is 682 Å². The van der Waals surface area contributed by atoms with Crippen molar-refractivity contribution in [2.75, 3.05) is 0 Å². The second kappa shape index (κ2) is 33.0. The van der Waals surface area contributed by atoms with Crippen LogP contribution in [0.2, 0.25) is 0 Å². The highest BCUT2D eigenvalue weighted by molar-refractivity contribution is 6.27.